The fourth-order valence-corrected chi connectivity index (χ4v) is 5.44. The van der Waals surface area contributed by atoms with Gasteiger partial charge in [-0.1, -0.05) is 0 Å². The van der Waals surface area contributed by atoms with Crippen LogP contribution in [0.2, 0.25) is 0 Å². The van der Waals surface area contributed by atoms with Gasteiger partial charge >= 0.3 is 0 Å². The number of hydrogen-bond acceptors (Lipinski definition) is 5. The first-order valence-corrected chi connectivity index (χ1v) is 9.38. The molecule has 0 aromatic carbocycles. The third-order valence-electron chi connectivity index (χ3n) is 2.99. The largest absolute Gasteiger partial charge is 0.281 e. The molecule has 10 heteroatoms. The molecular weight excluding hydrogens is 314 g/mol. The van der Waals surface area contributed by atoms with E-state index < -0.39 is 19.9 Å². The van der Waals surface area contributed by atoms with E-state index in [2.05, 4.69) is 10.2 Å². The van der Waals surface area contributed by atoms with Gasteiger partial charge in [-0.2, -0.15) is 9.40 Å². The molecule has 1 aliphatic heterocycles. The highest BCUT2D eigenvalue weighted by Crippen LogP contribution is 2.24. The third-order valence-corrected chi connectivity index (χ3v) is 6.95. The summed E-state index contributed by atoms with van der Waals surface area (Å²) in [6, 6.07) is 0. The molecule has 2 rings (SSSR count). The van der Waals surface area contributed by atoms with Gasteiger partial charge < -0.3 is 0 Å². The average Bonchev–Trinajstić information content (AvgIpc) is 2.70. The van der Waals surface area contributed by atoms with Crippen molar-refractivity contribution in [1.29, 1.82) is 0 Å². The maximum absolute atomic E-state index is 12.5. The molecule has 2 heterocycles. The summed E-state index contributed by atoms with van der Waals surface area (Å²) in [5, 5.41) is 6.43. The predicted octanol–water partition coefficient (Wildman–Crippen LogP) is -0.124. The van der Waals surface area contributed by atoms with Crippen molar-refractivity contribution in [2.75, 3.05) is 24.6 Å². The summed E-state index contributed by atoms with van der Waals surface area (Å²) in [6.07, 6.45) is 0. The summed E-state index contributed by atoms with van der Waals surface area (Å²) >= 11 is 5.67. The Morgan fingerprint density at radius 2 is 1.95 bits per heavy atom. The van der Waals surface area contributed by atoms with Crippen LogP contribution in [0.15, 0.2) is 4.90 Å². The van der Waals surface area contributed by atoms with Crippen molar-refractivity contribution in [3.05, 3.63) is 11.4 Å². The lowest BCUT2D eigenvalue weighted by Gasteiger charge is -2.26. The van der Waals surface area contributed by atoms with E-state index in [1.807, 2.05) is 0 Å². The fraction of sp³-hybridized carbons (Fsp3) is 0.667. The molecule has 0 atom stereocenters. The minimum absolute atomic E-state index is 0.0228. The number of aromatic amines is 1. The molecule has 1 fully saturated rings. The second kappa shape index (κ2) is 5.04. The fourth-order valence-electron chi connectivity index (χ4n) is 1.97. The van der Waals surface area contributed by atoms with Crippen LogP contribution in [-0.4, -0.2) is 55.9 Å². The van der Waals surface area contributed by atoms with Gasteiger partial charge in [-0.15, -0.1) is 11.6 Å². The summed E-state index contributed by atoms with van der Waals surface area (Å²) in [7, 11) is -6.88. The van der Waals surface area contributed by atoms with Crippen LogP contribution in [0.5, 0.6) is 0 Å². The van der Waals surface area contributed by atoms with E-state index in [0.717, 1.165) is 0 Å². The second-order valence-electron chi connectivity index (χ2n) is 4.31. The van der Waals surface area contributed by atoms with Gasteiger partial charge in [0.2, 0.25) is 10.0 Å². The van der Waals surface area contributed by atoms with E-state index in [1.165, 1.54) is 4.31 Å². The Morgan fingerprint density at radius 1 is 1.37 bits per heavy atom. The van der Waals surface area contributed by atoms with Crippen LogP contribution in [0.25, 0.3) is 0 Å². The summed E-state index contributed by atoms with van der Waals surface area (Å²) < 4.78 is 48.8. The molecule has 1 aromatic heterocycles. The minimum Gasteiger partial charge on any atom is -0.281 e. The zero-order valence-corrected chi connectivity index (χ0v) is 12.6. The maximum Gasteiger partial charge on any atom is 0.246 e. The van der Waals surface area contributed by atoms with Crippen molar-refractivity contribution in [3.63, 3.8) is 0 Å². The number of aromatic nitrogens is 2. The molecule has 0 bridgehead atoms. The van der Waals surface area contributed by atoms with Crippen LogP contribution in [-0.2, 0) is 25.7 Å². The normalized spacial score (nSPS) is 20.5. The van der Waals surface area contributed by atoms with E-state index in [1.54, 1.807) is 6.92 Å². The van der Waals surface area contributed by atoms with Crippen LogP contribution in [0, 0.1) is 6.92 Å². The lowest BCUT2D eigenvalue weighted by molar-refractivity contribution is 0.430. The van der Waals surface area contributed by atoms with E-state index >= 15 is 0 Å². The van der Waals surface area contributed by atoms with Gasteiger partial charge in [-0.25, -0.2) is 16.8 Å². The molecule has 19 heavy (non-hydrogen) atoms. The van der Waals surface area contributed by atoms with Crippen LogP contribution >= 0.6 is 11.6 Å². The highest BCUT2D eigenvalue weighted by molar-refractivity contribution is 7.92. The van der Waals surface area contributed by atoms with Crippen molar-refractivity contribution < 1.29 is 16.8 Å². The number of nitrogens with zero attached hydrogens (tertiary/aromatic N) is 2. The first-order valence-electron chi connectivity index (χ1n) is 5.58. The lowest BCUT2D eigenvalue weighted by atomic mass is 10.4. The highest BCUT2D eigenvalue weighted by atomic mass is 35.5. The van der Waals surface area contributed by atoms with Gasteiger partial charge in [-0.05, 0) is 6.92 Å². The van der Waals surface area contributed by atoms with Gasteiger partial charge in [0, 0.05) is 13.1 Å². The number of aryl methyl sites for hydroxylation is 1. The van der Waals surface area contributed by atoms with Crippen LogP contribution in [0.4, 0.5) is 0 Å². The molecule has 7 nitrogen and oxygen atoms in total. The van der Waals surface area contributed by atoms with Gasteiger partial charge in [-0.3, -0.25) is 5.10 Å². The molecule has 0 saturated carbocycles. The molecule has 1 aliphatic rings. The summed E-state index contributed by atoms with van der Waals surface area (Å²) in [5.74, 6) is -0.330. The molecular formula is C9H14ClN3O4S2. The summed E-state index contributed by atoms with van der Waals surface area (Å²) in [6.45, 7) is 1.53. The molecule has 1 N–H and O–H groups in total. The van der Waals surface area contributed by atoms with Crippen LogP contribution in [0.3, 0.4) is 0 Å². The zero-order valence-electron chi connectivity index (χ0n) is 10.3. The average molecular weight is 328 g/mol. The molecule has 0 amide bonds. The minimum atomic E-state index is -3.75. The van der Waals surface area contributed by atoms with Crippen LogP contribution < -0.4 is 0 Å². The zero-order chi connectivity index (χ0) is 14.3. The molecule has 108 valence electrons. The molecule has 0 aliphatic carbocycles. The SMILES string of the molecule is Cc1[nH]nc(CCl)c1S(=O)(=O)N1CCS(=O)(=O)CC1. The Labute approximate surface area is 116 Å². The van der Waals surface area contributed by atoms with E-state index in [4.69, 9.17) is 11.6 Å². The summed E-state index contributed by atoms with van der Waals surface area (Å²) in [4.78, 5) is 0.0572. The molecule has 0 spiro atoms. The quantitative estimate of drug-likeness (QED) is 0.780. The number of rotatable bonds is 3. The van der Waals surface area contributed by atoms with Crippen molar-refractivity contribution in [2.24, 2.45) is 0 Å². The number of hydrogen-bond donors (Lipinski definition) is 1. The first kappa shape index (κ1) is 14.8. The van der Waals surface area contributed by atoms with Crippen molar-refractivity contribution in [3.8, 4) is 0 Å². The van der Waals surface area contributed by atoms with E-state index in [0.29, 0.717) is 5.69 Å². The maximum atomic E-state index is 12.5. The monoisotopic (exact) mass is 327 g/mol. The van der Waals surface area contributed by atoms with E-state index in [-0.39, 0.29) is 41.1 Å². The van der Waals surface area contributed by atoms with E-state index in [9.17, 15) is 16.8 Å². The smallest absolute Gasteiger partial charge is 0.246 e. The number of sulfone groups is 1. The predicted molar refractivity (Wildman–Crippen MR) is 70.3 cm³/mol. The Hall–Kier alpha value is -0.640. The second-order valence-corrected chi connectivity index (χ2v) is 8.76. The standard InChI is InChI=1S/C9H14ClN3O4S2/c1-7-9(8(6-10)12-11-7)19(16,17)13-2-4-18(14,15)5-3-13/h2-6H2,1H3,(H,11,12). The first-order chi connectivity index (χ1) is 8.78. The number of H-pyrrole nitrogens is 1. The topological polar surface area (TPSA) is 100 Å². The number of halogens is 1. The van der Waals surface area contributed by atoms with Crippen molar-refractivity contribution in [2.45, 2.75) is 17.7 Å². The Bertz CT molecular complexity index is 666. The third kappa shape index (κ3) is 2.78. The van der Waals surface area contributed by atoms with Gasteiger partial charge in [0.05, 0.1) is 28.8 Å². The Kier molecular flexibility index (Phi) is 3.92. The molecule has 0 unspecified atom stereocenters. The van der Waals surface area contributed by atoms with Gasteiger partial charge in [0.15, 0.2) is 9.84 Å². The Balaban J connectivity index is 2.36. The van der Waals surface area contributed by atoms with Crippen molar-refractivity contribution in [1.82, 2.24) is 14.5 Å². The number of sulfonamides is 1. The number of alkyl halides is 1. The number of nitrogens with one attached hydrogen (secondary N) is 1. The molecule has 0 radical (unpaired) electrons. The molecule has 1 aromatic rings. The van der Waals surface area contributed by atoms with Crippen molar-refractivity contribution >= 4 is 31.5 Å². The van der Waals surface area contributed by atoms with Crippen LogP contribution in [0.1, 0.15) is 11.4 Å². The lowest BCUT2D eigenvalue weighted by Crippen LogP contribution is -2.43. The van der Waals surface area contributed by atoms with Gasteiger partial charge in [0.25, 0.3) is 0 Å². The highest BCUT2D eigenvalue weighted by Gasteiger charge is 2.34. The van der Waals surface area contributed by atoms with Gasteiger partial charge in [0.1, 0.15) is 4.90 Å². The molecule has 1 saturated heterocycles. The summed E-state index contributed by atoms with van der Waals surface area (Å²) in [5.41, 5.74) is 0.664. The Morgan fingerprint density at radius 3 is 2.47 bits per heavy atom.